The molecule has 0 amide bonds. The molecule has 0 atom stereocenters. The summed E-state index contributed by atoms with van der Waals surface area (Å²) >= 11 is 2.06. The molecule has 0 fully saturated rings. The topological polar surface area (TPSA) is 61.8 Å². The Hall–Kier alpha value is -2.09. The summed E-state index contributed by atoms with van der Waals surface area (Å²) in [5.74, 6) is -0.468. The monoisotopic (exact) mass is 412 g/mol. The molecule has 2 aromatic carbocycles. The van der Waals surface area contributed by atoms with Crippen LogP contribution in [-0.2, 0) is 4.74 Å². The number of hydrogen-bond acceptors (Lipinski definition) is 5. The minimum atomic E-state index is -0.492. The van der Waals surface area contributed by atoms with Gasteiger partial charge in [0.15, 0.2) is 11.5 Å². The Morgan fingerprint density at radius 3 is 2.32 bits per heavy atom. The molecular weight excluding hydrogens is 399 g/mol. The van der Waals surface area contributed by atoms with Crippen LogP contribution in [0.3, 0.4) is 0 Å². The molecule has 0 aliphatic heterocycles. The summed E-state index contributed by atoms with van der Waals surface area (Å²) < 4.78 is 15.9. The Kier molecular flexibility index (Phi) is 5.37. The van der Waals surface area contributed by atoms with Crippen LogP contribution in [0, 0.1) is 3.57 Å². The molecule has 2 rings (SSSR count). The van der Waals surface area contributed by atoms with E-state index in [0.717, 1.165) is 3.57 Å². The number of hydrogen-bond donors (Lipinski definition) is 0. The van der Waals surface area contributed by atoms with E-state index in [1.165, 1.54) is 32.4 Å². The summed E-state index contributed by atoms with van der Waals surface area (Å²) in [6, 6.07) is 11.6. The molecule has 0 saturated carbocycles. The average molecular weight is 412 g/mol. The molecule has 6 heteroatoms. The van der Waals surface area contributed by atoms with E-state index in [1.54, 1.807) is 12.1 Å². The summed E-state index contributed by atoms with van der Waals surface area (Å²) in [5.41, 5.74) is 0.774. The fourth-order valence-corrected chi connectivity index (χ4v) is 2.39. The molecule has 114 valence electrons. The summed E-state index contributed by atoms with van der Waals surface area (Å²) in [5, 5.41) is 0. The van der Waals surface area contributed by atoms with Gasteiger partial charge in [0.05, 0.1) is 25.3 Å². The molecule has 0 radical (unpaired) electrons. The third kappa shape index (κ3) is 3.56. The molecule has 0 N–H and O–H groups in total. The SMILES string of the molecule is COC(=O)c1ccc(OC(=O)c2ccccc2I)c(OC)c1. The highest BCUT2D eigenvalue weighted by Crippen LogP contribution is 2.29. The zero-order valence-corrected chi connectivity index (χ0v) is 14.1. The van der Waals surface area contributed by atoms with Crippen LogP contribution in [0.25, 0.3) is 0 Å². The molecule has 5 nitrogen and oxygen atoms in total. The molecule has 2 aromatic rings. The Bertz CT molecular complexity index is 711. The Morgan fingerprint density at radius 2 is 1.68 bits per heavy atom. The second-order valence-electron chi connectivity index (χ2n) is 4.23. The second-order valence-corrected chi connectivity index (χ2v) is 5.39. The van der Waals surface area contributed by atoms with Crippen molar-refractivity contribution in [3.05, 3.63) is 57.2 Å². The smallest absolute Gasteiger partial charge is 0.344 e. The van der Waals surface area contributed by atoms with Crippen molar-refractivity contribution in [2.45, 2.75) is 0 Å². The van der Waals surface area contributed by atoms with E-state index >= 15 is 0 Å². The van der Waals surface area contributed by atoms with Crippen molar-refractivity contribution in [3.63, 3.8) is 0 Å². The van der Waals surface area contributed by atoms with E-state index in [2.05, 4.69) is 27.3 Å². The van der Waals surface area contributed by atoms with Crippen molar-refractivity contribution < 1.29 is 23.8 Å². The van der Waals surface area contributed by atoms with Gasteiger partial charge >= 0.3 is 11.9 Å². The largest absolute Gasteiger partial charge is 0.493 e. The van der Waals surface area contributed by atoms with Crippen molar-refractivity contribution in [2.24, 2.45) is 0 Å². The predicted octanol–water partition coefficient (Wildman–Crippen LogP) is 3.31. The lowest BCUT2D eigenvalue weighted by molar-refractivity contribution is 0.0600. The van der Waals surface area contributed by atoms with Crippen molar-refractivity contribution in [1.82, 2.24) is 0 Å². The first-order chi connectivity index (χ1) is 10.6. The van der Waals surface area contributed by atoms with Crippen LogP contribution in [0.15, 0.2) is 42.5 Å². The zero-order chi connectivity index (χ0) is 16.1. The van der Waals surface area contributed by atoms with Crippen molar-refractivity contribution in [1.29, 1.82) is 0 Å². The van der Waals surface area contributed by atoms with Crippen LogP contribution in [0.5, 0.6) is 11.5 Å². The summed E-state index contributed by atoms with van der Waals surface area (Å²) in [6.07, 6.45) is 0. The maximum absolute atomic E-state index is 12.2. The summed E-state index contributed by atoms with van der Waals surface area (Å²) in [4.78, 5) is 23.7. The lowest BCUT2D eigenvalue weighted by Crippen LogP contribution is -2.11. The van der Waals surface area contributed by atoms with Crippen LogP contribution in [-0.4, -0.2) is 26.2 Å². The number of ether oxygens (including phenoxy) is 3. The van der Waals surface area contributed by atoms with Crippen LogP contribution >= 0.6 is 22.6 Å². The van der Waals surface area contributed by atoms with Gasteiger partial charge in [0.25, 0.3) is 0 Å². The summed E-state index contributed by atoms with van der Waals surface area (Å²) in [6.45, 7) is 0. The molecule has 0 bridgehead atoms. The van der Waals surface area contributed by atoms with Crippen molar-refractivity contribution in [2.75, 3.05) is 14.2 Å². The average Bonchev–Trinajstić information content (AvgIpc) is 2.54. The third-order valence-corrected chi connectivity index (χ3v) is 3.82. The van der Waals surface area contributed by atoms with Gasteiger partial charge < -0.3 is 14.2 Å². The number of carbonyl (C=O) groups excluding carboxylic acids is 2. The quantitative estimate of drug-likeness (QED) is 0.438. The molecule has 0 spiro atoms. The first-order valence-corrected chi connectivity index (χ1v) is 7.37. The van der Waals surface area contributed by atoms with Gasteiger partial charge in [-0.25, -0.2) is 9.59 Å². The second kappa shape index (κ2) is 7.26. The van der Waals surface area contributed by atoms with Gasteiger partial charge in [-0.1, -0.05) is 12.1 Å². The number of benzene rings is 2. The lowest BCUT2D eigenvalue weighted by Gasteiger charge is -2.11. The molecule has 0 aliphatic rings. The third-order valence-electron chi connectivity index (χ3n) is 2.88. The molecule has 0 heterocycles. The first kappa shape index (κ1) is 16.3. The van der Waals surface area contributed by atoms with Gasteiger partial charge in [-0.15, -0.1) is 0 Å². The minimum Gasteiger partial charge on any atom is -0.493 e. The Morgan fingerprint density at radius 1 is 0.955 bits per heavy atom. The van der Waals surface area contributed by atoms with Crippen LogP contribution in [0.2, 0.25) is 0 Å². The van der Waals surface area contributed by atoms with Gasteiger partial charge in [-0.2, -0.15) is 0 Å². The van der Waals surface area contributed by atoms with E-state index in [4.69, 9.17) is 9.47 Å². The highest BCUT2D eigenvalue weighted by Gasteiger charge is 2.16. The first-order valence-electron chi connectivity index (χ1n) is 6.30. The Labute approximate surface area is 141 Å². The molecule has 22 heavy (non-hydrogen) atoms. The van der Waals surface area contributed by atoms with Crippen LogP contribution in [0.1, 0.15) is 20.7 Å². The summed E-state index contributed by atoms with van der Waals surface area (Å²) in [7, 11) is 2.72. The maximum atomic E-state index is 12.2. The molecule has 0 saturated heterocycles. The van der Waals surface area contributed by atoms with E-state index in [0.29, 0.717) is 11.1 Å². The fraction of sp³-hybridized carbons (Fsp3) is 0.125. The standard InChI is InChI=1S/C16H13IO5/c1-20-14-9-10(15(18)21-2)7-8-13(14)22-16(19)11-5-3-4-6-12(11)17/h3-9H,1-2H3. The van der Waals surface area contributed by atoms with Crippen LogP contribution in [0.4, 0.5) is 0 Å². The number of rotatable bonds is 4. The van der Waals surface area contributed by atoms with Crippen molar-refractivity contribution >= 4 is 34.5 Å². The molecular formula is C16H13IO5. The van der Waals surface area contributed by atoms with E-state index in [-0.39, 0.29) is 11.5 Å². The lowest BCUT2D eigenvalue weighted by atomic mass is 10.2. The van der Waals surface area contributed by atoms with Crippen LogP contribution < -0.4 is 9.47 Å². The van der Waals surface area contributed by atoms with Crippen molar-refractivity contribution in [3.8, 4) is 11.5 Å². The number of esters is 2. The normalized spacial score (nSPS) is 9.95. The molecule has 0 aromatic heterocycles. The number of halogens is 1. The molecule has 0 unspecified atom stereocenters. The number of carbonyl (C=O) groups is 2. The Balaban J connectivity index is 2.28. The highest BCUT2D eigenvalue weighted by atomic mass is 127. The van der Waals surface area contributed by atoms with E-state index in [9.17, 15) is 9.59 Å². The fourth-order valence-electron chi connectivity index (χ4n) is 1.78. The highest BCUT2D eigenvalue weighted by molar-refractivity contribution is 14.1. The number of methoxy groups -OCH3 is 2. The predicted molar refractivity (Wildman–Crippen MR) is 88.5 cm³/mol. The zero-order valence-electron chi connectivity index (χ0n) is 12.0. The minimum absolute atomic E-state index is 0.236. The maximum Gasteiger partial charge on any atom is 0.344 e. The van der Waals surface area contributed by atoms with Gasteiger partial charge in [-0.3, -0.25) is 0 Å². The van der Waals surface area contributed by atoms with E-state index < -0.39 is 11.9 Å². The van der Waals surface area contributed by atoms with Gasteiger partial charge in [0.1, 0.15) is 0 Å². The molecule has 0 aliphatic carbocycles. The van der Waals surface area contributed by atoms with Gasteiger partial charge in [0, 0.05) is 3.57 Å². The van der Waals surface area contributed by atoms with Gasteiger partial charge in [-0.05, 0) is 52.9 Å². The van der Waals surface area contributed by atoms with E-state index in [1.807, 2.05) is 12.1 Å². The van der Waals surface area contributed by atoms with Gasteiger partial charge in [0.2, 0.25) is 0 Å².